The van der Waals surface area contributed by atoms with E-state index in [2.05, 4.69) is 40.1 Å². The predicted molar refractivity (Wildman–Crippen MR) is 131 cm³/mol. The lowest BCUT2D eigenvalue weighted by Gasteiger charge is -1.98. The summed E-state index contributed by atoms with van der Waals surface area (Å²) in [6.07, 6.45) is 1.85. The summed E-state index contributed by atoms with van der Waals surface area (Å²) in [6.45, 7) is 2.05. The Morgan fingerprint density at radius 3 is 2.19 bits per heavy atom. The molecule has 1 N–H and O–H groups in total. The molecule has 0 saturated carbocycles. The van der Waals surface area contributed by atoms with Crippen LogP contribution in [0.2, 0.25) is 5.02 Å². The van der Waals surface area contributed by atoms with Gasteiger partial charge in [-0.2, -0.15) is 0 Å². The van der Waals surface area contributed by atoms with Crippen molar-refractivity contribution in [2.24, 2.45) is 4.99 Å². The largest absolute Gasteiger partial charge is 0.338 e. The van der Waals surface area contributed by atoms with Crippen molar-refractivity contribution in [2.45, 2.75) is 6.92 Å². The number of hydrogen-bond acceptors (Lipinski definition) is 2. The lowest BCUT2D eigenvalue weighted by Crippen LogP contribution is -1.80. The molecular weight excluding hydrogens is 402 g/mol. The van der Waals surface area contributed by atoms with Gasteiger partial charge in [-0.1, -0.05) is 84.4 Å². The first-order valence-electron chi connectivity index (χ1n) is 10.0. The zero-order chi connectivity index (χ0) is 21.5. The minimum Gasteiger partial charge on any atom is -0.338 e. The molecule has 5 rings (SSSR count). The van der Waals surface area contributed by atoms with Crippen LogP contribution in [0.3, 0.4) is 0 Å². The van der Waals surface area contributed by atoms with Crippen LogP contribution in [0.5, 0.6) is 0 Å². The number of rotatable bonds is 3. The molecule has 31 heavy (non-hydrogen) atoms. The third-order valence-electron chi connectivity index (χ3n) is 4.77. The van der Waals surface area contributed by atoms with Crippen molar-refractivity contribution in [1.82, 2.24) is 9.97 Å². The molecule has 0 unspecified atom stereocenters. The summed E-state index contributed by atoms with van der Waals surface area (Å²) >= 11 is 5.81. The van der Waals surface area contributed by atoms with Crippen molar-refractivity contribution in [1.29, 1.82) is 0 Å². The number of para-hydroxylation sites is 3. The van der Waals surface area contributed by atoms with E-state index >= 15 is 0 Å². The van der Waals surface area contributed by atoms with Gasteiger partial charge in [0.15, 0.2) is 0 Å². The lowest BCUT2D eigenvalue weighted by atomic mass is 10.2. The average Bonchev–Trinajstić information content (AvgIpc) is 3.25. The molecule has 3 nitrogen and oxygen atoms in total. The number of aromatic nitrogens is 2. The van der Waals surface area contributed by atoms with E-state index in [1.165, 1.54) is 5.56 Å². The maximum atomic E-state index is 5.81. The molecule has 0 radical (unpaired) electrons. The Morgan fingerprint density at radius 2 is 1.45 bits per heavy atom. The fraction of sp³-hybridized carbons (Fsp3) is 0.0370. The Labute approximate surface area is 187 Å². The molecule has 0 amide bonds. The molecule has 0 atom stereocenters. The van der Waals surface area contributed by atoms with Crippen molar-refractivity contribution in [3.8, 4) is 11.4 Å². The summed E-state index contributed by atoms with van der Waals surface area (Å²) in [5, 5.41) is 0.744. The van der Waals surface area contributed by atoms with Gasteiger partial charge in [-0.3, -0.25) is 4.99 Å². The van der Waals surface area contributed by atoms with Crippen molar-refractivity contribution in [2.75, 3.05) is 0 Å². The van der Waals surface area contributed by atoms with Gasteiger partial charge in [-0.15, -0.1) is 0 Å². The molecule has 0 fully saturated rings. The molecular formula is C27H22ClN3. The molecule has 0 aliphatic rings. The van der Waals surface area contributed by atoms with Crippen LogP contribution < -0.4 is 0 Å². The fourth-order valence-electron chi connectivity index (χ4n) is 3.09. The Kier molecular flexibility index (Phi) is 6.56. The third kappa shape index (κ3) is 5.47. The molecule has 4 aromatic carbocycles. The van der Waals surface area contributed by atoms with E-state index in [4.69, 9.17) is 11.6 Å². The normalized spacial score (nSPS) is 10.8. The highest BCUT2D eigenvalue weighted by atomic mass is 35.5. The molecule has 1 heterocycles. The van der Waals surface area contributed by atoms with Crippen LogP contribution in [0.25, 0.3) is 22.4 Å². The van der Waals surface area contributed by atoms with Crippen molar-refractivity contribution in [3.05, 3.63) is 119 Å². The minimum atomic E-state index is 0.744. The second kappa shape index (κ2) is 9.88. The fourth-order valence-corrected chi connectivity index (χ4v) is 3.21. The Morgan fingerprint density at radius 1 is 0.774 bits per heavy atom. The smallest absolute Gasteiger partial charge is 0.138 e. The first-order chi connectivity index (χ1) is 15.2. The van der Waals surface area contributed by atoms with Crippen molar-refractivity contribution in [3.63, 3.8) is 0 Å². The number of halogens is 1. The van der Waals surface area contributed by atoms with Crippen molar-refractivity contribution < 1.29 is 0 Å². The molecule has 152 valence electrons. The molecule has 0 spiro atoms. The van der Waals surface area contributed by atoms with Gasteiger partial charge in [0.25, 0.3) is 0 Å². The number of nitrogens with zero attached hydrogens (tertiary/aromatic N) is 2. The van der Waals surface area contributed by atoms with Crippen LogP contribution in [0.15, 0.2) is 108 Å². The first-order valence-corrected chi connectivity index (χ1v) is 10.4. The summed E-state index contributed by atoms with van der Waals surface area (Å²) in [6, 6.07) is 33.9. The molecule has 4 heteroatoms. The zero-order valence-electron chi connectivity index (χ0n) is 17.2. The van der Waals surface area contributed by atoms with E-state index in [0.717, 1.165) is 38.7 Å². The van der Waals surface area contributed by atoms with Gasteiger partial charge in [0.05, 0.1) is 16.7 Å². The Hall–Kier alpha value is -3.69. The quantitative estimate of drug-likeness (QED) is 0.298. The van der Waals surface area contributed by atoms with E-state index in [9.17, 15) is 0 Å². The topological polar surface area (TPSA) is 41.0 Å². The standard InChI is InChI=1S/C14H12ClN.C13H10N2/c1-11-4-2-3-5-14(11)16-10-12-6-8-13(15)9-7-12;1-2-6-10(7-3-1)13-14-11-8-4-5-9-12(11)15-13/h2-10H,1H3;1-9H,(H,14,15). The van der Waals surface area contributed by atoms with Crippen molar-refractivity contribution >= 4 is 34.5 Å². The number of nitrogens with one attached hydrogen (secondary N) is 1. The Bertz CT molecular complexity index is 1260. The van der Waals surface area contributed by atoms with Crippen LogP contribution in [0.1, 0.15) is 11.1 Å². The summed E-state index contributed by atoms with van der Waals surface area (Å²) in [5.74, 6) is 0.928. The van der Waals surface area contributed by atoms with Gasteiger partial charge in [0.1, 0.15) is 5.82 Å². The van der Waals surface area contributed by atoms with Crippen LogP contribution in [0.4, 0.5) is 5.69 Å². The van der Waals surface area contributed by atoms with Gasteiger partial charge >= 0.3 is 0 Å². The number of imidazole rings is 1. The van der Waals surface area contributed by atoms with Crippen LogP contribution in [-0.2, 0) is 0 Å². The van der Waals surface area contributed by atoms with E-state index in [0.29, 0.717) is 0 Å². The highest BCUT2D eigenvalue weighted by Crippen LogP contribution is 2.19. The highest BCUT2D eigenvalue weighted by molar-refractivity contribution is 6.30. The van der Waals surface area contributed by atoms with Crippen LogP contribution in [-0.4, -0.2) is 16.2 Å². The maximum absolute atomic E-state index is 5.81. The van der Waals surface area contributed by atoms with Crippen LogP contribution >= 0.6 is 11.6 Å². The third-order valence-corrected chi connectivity index (χ3v) is 5.03. The Balaban J connectivity index is 0.000000149. The first kappa shape index (κ1) is 20.6. The monoisotopic (exact) mass is 423 g/mol. The number of aromatic amines is 1. The molecule has 0 bridgehead atoms. The summed E-state index contributed by atoms with van der Waals surface area (Å²) < 4.78 is 0. The second-order valence-electron chi connectivity index (χ2n) is 7.06. The van der Waals surface area contributed by atoms with Gasteiger partial charge in [-0.25, -0.2) is 4.98 Å². The molecule has 0 aliphatic carbocycles. The minimum absolute atomic E-state index is 0.744. The number of hydrogen-bond donors (Lipinski definition) is 1. The highest BCUT2D eigenvalue weighted by Gasteiger charge is 2.02. The van der Waals surface area contributed by atoms with Gasteiger partial charge in [0.2, 0.25) is 0 Å². The number of H-pyrrole nitrogens is 1. The second-order valence-corrected chi connectivity index (χ2v) is 7.50. The molecule has 0 aliphatic heterocycles. The maximum Gasteiger partial charge on any atom is 0.138 e. The van der Waals surface area contributed by atoms with E-state index < -0.39 is 0 Å². The number of aryl methyl sites for hydroxylation is 1. The number of benzene rings is 4. The summed E-state index contributed by atoms with van der Waals surface area (Å²) in [4.78, 5) is 12.3. The zero-order valence-corrected chi connectivity index (χ0v) is 17.9. The van der Waals surface area contributed by atoms with Gasteiger partial charge in [-0.05, 0) is 48.4 Å². The molecule has 1 aromatic heterocycles. The average molecular weight is 424 g/mol. The summed E-state index contributed by atoms with van der Waals surface area (Å²) in [5.41, 5.74) is 6.43. The van der Waals surface area contributed by atoms with Gasteiger partial charge in [0, 0.05) is 16.8 Å². The number of aliphatic imine (C=N–C) groups is 1. The SMILES string of the molecule is Cc1ccccc1N=Cc1ccc(Cl)cc1.c1ccc(-c2nc3ccccc3[nH]2)cc1. The van der Waals surface area contributed by atoms with E-state index in [1.54, 1.807) is 0 Å². The van der Waals surface area contributed by atoms with Crippen LogP contribution in [0, 0.1) is 6.92 Å². The predicted octanol–water partition coefficient (Wildman–Crippen LogP) is 7.63. The van der Waals surface area contributed by atoms with E-state index in [-0.39, 0.29) is 0 Å². The number of fused-ring (bicyclic) bond motifs is 1. The lowest BCUT2D eigenvalue weighted by molar-refractivity contribution is 1.34. The molecule has 0 saturated heterocycles. The van der Waals surface area contributed by atoms with E-state index in [1.807, 2.05) is 91.1 Å². The summed E-state index contributed by atoms with van der Waals surface area (Å²) in [7, 11) is 0. The van der Waals surface area contributed by atoms with Gasteiger partial charge < -0.3 is 4.98 Å². The molecule has 5 aromatic rings.